The fraction of sp³-hybridized carbons (Fsp3) is 0.312. The molecule has 2 nitrogen and oxygen atoms in total. The number of nitrogens with one attached hydrogen (secondary N) is 1. The highest BCUT2D eigenvalue weighted by Crippen LogP contribution is 2.24. The zero-order chi connectivity index (χ0) is 12.2. The maximum atomic E-state index is 4.22. The van der Waals surface area contributed by atoms with Crippen molar-refractivity contribution in [3.8, 4) is 0 Å². The highest BCUT2D eigenvalue weighted by Gasteiger charge is 2.10. The first kappa shape index (κ1) is 11.3. The standard InChI is InChI=1S/C16H18N2/c1-2-5-13(6-3-1)11-18-16-8-4-7-14-9-10-17-12-15(14)16/h1-2,4,7-10,12-13,18H,3,5-6,11H2. The molecule has 1 heterocycles. The Morgan fingerprint density at radius 1 is 1.22 bits per heavy atom. The summed E-state index contributed by atoms with van der Waals surface area (Å²) in [7, 11) is 0. The molecule has 0 saturated heterocycles. The van der Waals surface area contributed by atoms with Crippen LogP contribution in [0.25, 0.3) is 10.8 Å². The van der Waals surface area contributed by atoms with Crippen LogP contribution >= 0.6 is 0 Å². The van der Waals surface area contributed by atoms with Crippen LogP contribution in [0.3, 0.4) is 0 Å². The summed E-state index contributed by atoms with van der Waals surface area (Å²) in [5.41, 5.74) is 1.20. The molecule has 1 N–H and O–H groups in total. The molecule has 2 aromatic rings. The summed E-state index contributed by atoms with van der Waals surface area (Å²) < 4.78 is 0. The summed E-state index contributed by atoms with van der Waals surface area (Å²) in [5.74, 6) is 0.766. The SMILES string of the molecule is C1=CCC(CNc2cccc3ccncc23)CC1. The van der Waals surface area contributed by atoms with Gasteiger partial charge in [0.1, 0.15) is 0 Å². The molecule has 1 unspecified atom stereocenters. The Hall–Kier alpha value is -1.83. The Kier molecular flexibility index (Phi) is 3.26. The third-order valence-corrected chi connectivity index (χ3v) is 3.64. The second-order valence-corrected chi connectivity index (χ2v) is 4.93. The van der Waals surface area contributed by atoms with Crippen LogP contribution in [0.2, 0.25) is 0 Å². The van der Waals surface area contributed by atoms with Crippen molar-refractivity contribution in [3.63, 3.8) is 0 Å². The van der Waals surface area contributed by atoms with Crippen LogP contribution in [-0.4, -0.2) is 11.5 Å². The monoisotopic (exact) mass is 238 g/mol. The van der Waals surface area contributed by atoms with Crippen molar-refractivity contribution >= 4 is 16.5 Å². The molecule has 1 aliphatic rings. The lowest BCUT2D eigenvalue weighted by Crippen LogP contribution is -2.15. The van der Waals surface area contributed by atoms with Crippen molar-refractivity contribution in [1.29, 1.82) is 0 Å². The van der Waals surface area contributed by atoms with E-state index < -0.39 is 0 Å². The van der Waals surface area contributed by atoms with E-state index in [0.29, 0.717) is 0 Å². The summed E-state index contributed by atoms with van der Waals surface area (Å²) in [5, 5.41) is 6.05. The van der Waals surface area contributed by atoms with Gasteiger partial charge in [-0.05, 0) is 42.7 Å². The van der Waals surface area contributed by atoms with Gasteiger partial charge in [0.05, 0.1) is 0 Å². The van der Waals surface area contributed by atoms with E-state index in [-0.39, 0.29) is 0 Å². The first-order valence-electron chi connectivity index (χ1n) is 6.65. The van der Waals surface area contributed by atoms with Gasteiger partial charge in [-0.15, -0.1) is 0 Å². The molecule has 2 heteroatoms. The van der Waals surface area contributed by atoms with Crippen LogP contribution in [0, 0.1) is 5.92 Å². The Balaban J connectivity index is 1.76. The van der Waals surface area contributed by atoms with Crippen molar-refractivity contribution in [2.24, 2.45) is 5.92 Å². The molecule has 92 valence electrons. The number of fused-ring (bicyclic) bond motifs is 1. The smallest absolute Gasteiger partial charge is 0.0435 e. The third kappa shape index (κ3) is 2.37. The lowest BCUT2D eigenvalue weighted by atomic mass is 9.94. The molecule has 3 rings (SSSR count). The second kappa shape index (κ2) is 5.21. The molecule has 1 aromatic heterocycles. The zero-order valence-corrected chi connectivity index (χ0v) is 10.5. The molecule has 0 bridgehead atoms. The van der Waals surface area contributed by atoms with Gasteiger partial charge in [-0.1, -0.05) is 24.3 Å². The van der Waals surface area contributed by atoms with E-state index in [2.05, 4.69) is 46.7 Å². The predicted octanol–water partition coefficient (Wildman–Crippen LogP) is 4.00. The summed E-state index contributed by atoms with van der Waals surface area (Å²) in [6, 6.07) is 8.43. The van der Waals surface area contributed by atoms with Gasteiger partial charge in [-0.3, -0.25) is 4.98 Å². The number of hydrogen-bond donors (Lipinski definition) is 1. The van der Waals surface area contributed by atoms with E-state index >= 15 is 0 Å². The van der Waals surface area contributed by atoms with E-state index in [1.165, 1.54) is 35.7 Å². The summed E-state index contributed by atoms with van der Waals surface area (Å²) in [6.45, 7) is 1.05. The van der Waals surface area contributed by atoms with Crippen LogP contribution in [-0.2, 0) is 0 Å². The molecule has 1 aliphatic carbocycles. The molecule has 0 saturated carbocycles. The van der Waals surface area contributed by atoms with Gasteiger partial charge in [0.25, 0.3) is 0 Å². The van der Waals surface area contributed by atoms with Gasteiger partial charge >= 0.3 is 0 Å². The molecular weight excluding hydrogens is 220 g/mol. The van der Waals surface area contributed by atoms with E-state index in [9.17, 15) is 0 Å². The molecule has 18 heavy (non-hydrogen) atoms. The highest BCUT2D eigenvalue weighted by molar-refractivity contribution is 5.93. The Morgan fingerprint density at radius 2 is 2.22 bits per heavy atom. The van der Waals surface area contributed by atoms with Crippen molar-refractivity contribution in [2.45, 2.75) is 19.3 Å². The lowest BCUT2D eigenvalue weighted by Gasteiger charge is -2.19. The largest absolute Gasteiger partial charge is 0.384 e. The van der Waals surface area contributed by atoms with Gasteiger partial charge in [-0.2, -0.15) is 0 Å². The first-order chi connectivity index (χ1) is 8.93. The van der Waals surface area contributed by atoms with Crippen molar-refractivity contribution in [2.75, 3.05) is 11.9 Å². The number of nitrogens with zero attached hydrogens (tertiary/aromatic N) is 1. The second-order valence-electron chi connectivity index (χ2n) is 4.93. The third-order valence-electron chi connectivity index (χ3n) is 3.64. The van der Waals surface area contributed by atoms with E-state index in [4.69, 9.17) is 0 Å². The Bertz CT molecular complexity index is 555. The van der Waals surface area contributed by atoms with Crippen molar-refractivity contribution in [3.05, 3.63) is 48.8 Å². The topological polar surface area (TPSA) is 24.9 Å². The summed E-state index contributed by atoms with van der Waals surface area (Å²) in [4.78, 5) is 4.22. The zero-order valence-electron chi connectivity index (χ0n) is 10.5. The van der Waals surface area contributed by atoms with E-state index in [0.717, 1.165) is 12.5 Å². The van der Waals surface area contributed by atoms with Gasteiger partial charge in [0, 0.05) is 30.0 Å². The number of benzene rings is 1. The number of rotatable bonds is 3. The fourth-order valence-corrected chi connectivity index (χ4v) is 2.56. The lowest BCUT2D eigenvalue weighted by molar-refractivity contribution is 0.504. The summed E-state index contributed by atoms with van der Waals surface area (Å²) >= 11 is 0. The number of anilines is 1. The minimum Gasteiger partial charge on any atom is -0.384 e. The van der Waals surface area contributed by atoms with Crippen LogP contribution in [0.4, 0.5) is 5.69 Å². The average Bonchev–Trinajstić information content (AvgIpc) is 2.46. The van der Waals surface area contributed by atoms with Gasteiger partial charge < -0.3 is 5.32 Å². The first-order valence-corrected chi connectivity index (χ1v) is 6.65. The Morgan fingerprint density at radius 3 is 3.11 bits per heavy atom. The molecule has 1 aromatic carbocycles. The molecular formula is C16H18N2. The molecule has 0 radical (unpaired) electrons. The minimum atomic E-state index is 0.766. The van der Waals surface area contributed by atoms with Gasteiger partial charge in [0.15, 0.2) is 0 Å². The van der Waals surface area contributed by atoms with Gasteiger partial charge in [-0.25, -0.2) is 0 Å². The van der Waals surface area contributed by atoms with Crippen LogP contribution < -0.4 is 5.32 Å². The average molecular weight is 238 g/mol. The number of allylic oxidation sites excluding steroid dienone is 2. The van der Waals surface area contributed by atoms with Crippen LogP contribution in [0.5, 0.6) is 0 Å². The number of hydrogen-bond acceptors (Lipinski definition) is 2. The molecule has 0 spiro atoms. The quantitative estimate of drug-likeness (QED) is 0.817. The molecule has 0 aliphatic heterocycles. The van der Waals surface area contributed by atoms with E-state index in [1.54, 1.807) is 0 Å². The highest BCUT2D eigenvalue weighted by atomic mass is 14.9. The normalized spacial score (nSPS) is 19.0. The molecule has 1 atom stereocenters. The maximum absolute atomic E-state index is 4.22. The van der Waals surface area contributed by atoms with E-state index in [1.807, 2.05) is 12.4 Å². The van der Waals surface area contributed by atoms with Crippen molar-refractivity contribution < 1.29 is 0 Å². The van der Waals surface area contributed by atoms with Crippen molar-refractivity contribution in [1.82, 2.24) is 4.98 Å². The summed E-state index contributed by atoms with van der Waals surface area (Å²) in [6.07, 6.45) is 12.1. The van der Waals surface area contributed by atoms with Crippen LogP contribution in [0.15, 0.2) is 48.8 Å². The number of aromatic nitrogens is 1. The maximum Gasteiger partial charge on any atom is 0.0435 e. The van der Waals surface area contributed by atoms with Crippen LogP contribution in [0.1, 0.15) is 19.3 Å². The fourth-order valence-electron chi connectivity index (χ4n) is 2.56. The predicted molar refractivity (Wildman–Crippen MR) is 76.7 cm³/mol. The van der Waals surface area contributed by atoms with Gasteiger partial charge in [0.2, 0.25) is 0 Å². The molecule has 0 amide bonds. The molecule has 0 fully saturated rings. The number of pyridine rings is 1. The minimum absolute atomic E-state index is 0.766. The Labute approximate surface area is 108 Å².